The highest BCUT2D eigenvalue weighted by Gasteiger charge is 2.15. The zero-order valence-electron chi connectivity index (χ0n) is 9.93. The number of hydrogen-bond donors (Lipinski definition) is 1. The summed E-state index contributed by atoms with van der Waals surface area (Å²) in [4.78, 5) is 2.55. The molecule has 0 radical (unpaired) electrons. The second-order valence-corrected chi connectivity index (χ2v) is 3.80. The van der Waals surface area contributed by atoms with E-state index in [0.29, 0.717) is 12.1 Å². The molecular weight excluding hydrogens is 160 g/mol. The predicted octanol–water partition coefficient (Wildman–Crippen LogP) is 2.10. The van der Waals surface area contributed by atoms with E-state index in [1.807, 2.05) is 13.8 Å². The summed E-state index contributed by atoms with van der Waals surface area (Å²) < 4.78 is 0. The molecule has 1 rings (SSSR count). The number of rotatable bonds is 1. The second-order valence-electron chi connectivity index (χ2n) is 3.80. The van der Waals surface area contributed by atoms with Crippen LogP contribution in [0.3, 0.4) is 0 Å². The topological polar surface area (TPSA) is 15.3 Å². The van der Waals surface area contributed by atoms with Gasteiger partial charge in [-0.15, -0.1) is 0 Å². The first-order valence-corrected chi connectivity index (χ1v) is 5.67. The first-order valence-electron chi connectivity index (χ1n) is 5.67. The molecule has 0 bridgehead atoms. The molecule has 0 aromatic heterocycles. The summed E-state index contributed by atoms with van der Waals surface area (Å²) >= 11 is 0. The molecule has 80 valence electrons. The van der Waals surface area contributed by atoms with Crippen LogP contribution in [0.4, 0.5) is 0 Å². The summed E-state index contributed by atoms with van der Waals surface area (Å²) in [5.74, 6) is 0. The van der Waals surface area contributed by atoms with Crippen molar-refractivity contribution in [1.29, 1.82) is 0 Å². The van der Waals surface area contributed by atoms with Crippen LogP contribution in [0.15, 0.2) is 0 Å². The van der Waals surface area contributed by atoms with Gasteiger partial charge in [0.1, 0.15) is 0 Å². The maximum atomic E-state index is 3.49. The Bertz CT molecular complexity index is 113. The van der Waals surface area contributed by atoms with Crippen LogP contribution >= 0.6 is 0 Å². The zero-order valence-corrected chi connectivity index (χ0v) is 9.93. The molecule has 0 spiro atoms. The summed E-state index contributed by atoms with van der Waals surface area (Å²) in [5, 5.41) is 3.49. The van der Waals surface area contributed by atoms with Crippen molar-refractivity contribution >= 4 is 0 Å². The van der Waals surface area contributed by atoms with Gasteiger partial charge in [0.05, 0.1) is 0 Å². The molecule has 1 aliphatic rings. The molecule has 1 atom stereocenters. The predicted molar refractivity (Wildman–Crippen MR) is 60.1 cm³/mol. The lowest BCUT2D eigenvalue weighted by Gasteiger charge is -2.26. The highest BCUT2D eigenvalue weighted by atomic mass is 15.2. The Balaban J connectivity index is 0.000000671. The van der Waals surface area contributed by atoms with E-state index in [-0.39, 0.29) is 0 Å². The first-order chi connectivity index (χ1) is 6.20. The average Bonchev–Trinajstić information content (AvgIpc) is 2.33. The van der Waals surface area contributed by atoms with Gasteiger partial charge < -0.3 is 5.32 Å². The van der Waals surface area contributed by atoms with Crippen molar-refractivity contribution in [3.05, 3.63) is 0 Å². The molecule has 0 aromatic carbocycles. The Morgan fingerprint density at radius 1 is 1.31 bits per heavy atom. The Hall–Kier alpha value is -0.0800. The molecule has 0 unspecified atom stereocenters. The molecule has 0 aliphatic carbocycles. The van der Waals surface area contributed by atoms with Gasteiger partial charge in [-0.05, 0) is 40.3 Å². The van der Waals surface area contributed by atoms with E-state index in [4.69, 9.17) is 0 Å². The highest BCUT2D eigenvalue weighted by Crippen LogP contribution is 2.04. The highest BCUT2D eigenvalue weighted by molar-refractivity contribution is 4.74. The summed E-state index contributed by atoms with van der Waals surface area (Å²) in [6.45, 7) is 14.5. The molecule has 2 heteroatoms. The quantitative estimate of drug-likeness (QED) is 0.674. The Morgan fingerprint density at radius 3 is 2.46 bits per heavy atom. The molecule has 13 heavy (non-hydrogen) atoms. The third-order valence-corrected chi connectivity index (χ3v) is 2.35. The van der Waals surface area contributed by atoms with E-state index in [1.54, 1.807) is 0 Å². The van der Waals surface area contributed by atoms with Crippen LogP contribution in [0.25, 0.3) is 0 Å². The summed E-state index contributed by atoms with van der Waals surface area (Å²) in [6, 6.07) is 1.37. The van der Waals surface area contributed by atoms with E-state index in [0.717, 1.165) is 0 Å². The lowest BCUT2D eigenvalue weighted by atomic mass is 10.2. The maximum absolute atomic E-state index is 3.49. The van der Waals surface area contributed by atoms with Crippen molar-refractivity contribution in [2.45, 2.75) is 53.1 Å². The number of nitrogens with one attached hydrogen (secondary N) is 1. The minimum atomic E-state index is 0.667. The van der Waals surface area contributed by atoms with Crippen LogP contribution < -0.4 is 5.32 Å². The van der Waals surface area contributed by atoms with Gasteiger partial charge in [-0.25, -0.2) is 0 Å². The lowest BCUT2D eigenvalue weighted by molar-refractivity contribution is 0.221. The monoisotopic (exact) mass is 186 g/mol. The molecule has 2 nitrogen and oxygen atoms in total. The van der Waals surface area contributed by atoms with Gasteiger partial charge in [0, 0.05) is 18.6 Å². The Morgan fingerprint density at radius 2 is 1.92 bits per heavy atom. The molecule has 1 fully saturated rings. The van der Waals surface area contributed by atoms with E-state index in [9.17, 15) is 0 Å². The standard InChI is InChI=1S/C9H20N2.C2H6/c1-8(2)11-6-4-5-10-9(3)7-11;1-2/h8-10H,4-7H2,1-3H3;1-2H3/t9-;/m0./s1. The third-order valence-electron chi connectivity index (χ3n) is 2.35. The van der Waals surface area contributed by atoms with Crippen molar-refractivity contribution in [1.82, 2.24) is 10.2 Å². The molecule has 0 amide bonds. The first kappa shape index (κ1) is 12.9. The second kappa shape index (κ2) is 7.34. The molecule has 0 saturated carbocycles. The summed E-state index contributed by atoms with van der Waals surface area (Å²) in [6.07, 6.45) is 1.29. The van der Waals surface area contributed by atoms with E-state index in [2.05, 4.69) is 31.0 Å². The van der Waals surface area contributed by atoms with Gasteiger partial charge in [-0.1, -0.05) is 13.8 Å². The van der Waals surface area contributed by atoms with Gasteiger partial charge in [0.15, 0.2) is 0 Å². The largest absolute Gasteiger partial charge is 0.313 e. The minimum Gasteiger partial charge on any atom is -0.313 e. The maximum Gasteiger partial charge on any atom is 0.0166 e. The van der Waals surface area contributed by atoms with Crippen LogP contribution in [-0.4, -0.2) is 36.6 Å². The molecule has 1 saturated heterocycles. The van der Waals surface area contributed by atoms with E-state index >= 15 is 0 Å². The van der Waals surface area contributed by atoms with Crippen LogP contribution in [0.1, 0.15) is 41.0 Å². The zero-order chi connectivity index (χ0) is 10.3. The van der Waals surface area contributed by atoms with Crippen LogP contribution in [0.2, 0.25) is 0 Å². The lowest BCUT2D eigenvalue weighted by Crippen LogP contribution is -2.38. The average molecular weight is 186 g/mol. The Labute approximate surface area is 83.7 Å². The van der Waals surface area contributed by atoms with E-state index in [1.165, 1.54) is 26.1 Å². The SMILES string of the molecule is CC.CC(C)N1CCCN[C@@H](C)C1. The van der Waals surface area contributed by atoms with Crippen molar-refractivity contribution in [3.8, 4) is 0 Å². The van der Waals surface area contributed by atoms with Gasteiger partial charge in [0.25, 0.3) is 0 Å². The van der Waals surface area contributed by atoms with Crippen molar-refractivity contribution in [2.24, 2.45) is 0 Å². The fourth-order valence-corrected chi connectivity index (χ4v) is 1.61. The summed E-state index contributed by atoms with van der Waals surface area (Å²) in [5.41, 5.74) is 0. The molecule has 1 aliphatic heterocycles. The molecular formula is C11H26N2. The van der Waals surface area contributed by atoms with Crippen LogP contribution in [-0.2, 0) is 0 Å². The number of nitrogens with zero attached hydrogens (tertiary/aromatic N) is 1. The van der Waals surface area contributed by atoms with Crippen molar-refractivity contribution < 1.29 is 0 Å². The molecule has 0 aromatic rings. The van der Waals surface area contributed by atoms with Crippen LogP contribution in [0, 0.1) is 0 Å². The summed E-state index contributed by atoms with van der Waals surface area (Å²) in [7, 11) is 0. The van der Waals surface area contributed by atoms with E-state index < -0.39 is 0 Å². The third kappa shape index (κ3) is 5.27. The van der Waals surface area contributed by atoms with Crippen molar-refractivity contribution in [3.63, 3.8) is 0 Å². The fraction of sp³-hybridized carbons (Fsp3) is 1.00. The fourth-order valence-electron chi connectivity index (χ4n) is 1.61. The molecule has 1 N–H and O–H groups in total. The van der Waals surface area contributed by atoms with Gasteiger partial charge in [-0.2, -0.15) is 0 Å². The van der Waals surface area contributed by atoms with Crippen molar-refractivity contribution in [2.75, 3.05) is 19.6 Å². The van der Waals surface area contributed by atoms with Gasteiger partial charge >= 0.3 is 0 Å². The van der Waals surface area contributed by atoms with Gasteiger partial charge in [-0.3, -0.25) is 4.90 Å². The Kier molecular flexibility index (Phi) is 7.29. The smallest absolute Gasteiger partial charge is 0.0166 e. The van der Waals surface area contributed by atoms with Crippen LogP contribution in [0.5, 0.6) is 0 Å². The minimum absolute atomic E-state index is 0.667. The van der Waals surface area contributed by atoms with Gasteiger partial charge in [0.2, 0.25) is 0 Å². The molecule has 1 heterocycles. The normalized spacial score (nSPS) is 24.9. The number of hydrogen-bond acceptors (Lipinski definition) is 2.